The summed E-state index contributed by atoms with van der Waals surface area (Å²) in [4.78, 5) is 37.7. The van der Waals surface area contributed by atoms with Gasteiger partial charge in [0.1, 0.15) is 12.6 Å². The number of hydrogen-bond donors (Lipinski definition) is 2. The van der Waals surface area contributed by atoms with Gasteiger partial charge in [-0.25, -0.2) is 8.98 Å². The Kier molecular flexibility index (Phi) is 8.86. The van der Waals surface area contributed by atoms with Gasteiger partial charge in [0, 0.05) is 18.8 Å². The highest BCUT2D eigenvalue weighted by molar-refractivity contribution is 7.90. The van der Waals surface area contributed by atoms with Crippen molar-refractivity contribution in [2.24, 2.45) is 7.05 Å². The molecule has 0 aromatic carbocycles. The molecule has 3 heterocycles. The zero-order valence-electron chi connectivity index (χ0n) is 26.5. The number of nitrogens with zero attached hydrogens (tertiary/aromatic N) is 2. The molecule has 0 radical (unpaired) electrons. The van der Waals surface area contributed by atoms with E-state index >= 15 is 0 Å². The molecule has 0 aliphatic carbocycles. The molecule has 0 saturated carbocycles. The number of aromatic nitrogens is 2. The van der Waals surface area contributed by atoms with Gasteiger partial charge in [-0.2, -0.15) is 8.42 Å². The Morgan fingerprint density at radius 1 is 1.07 bits per heavy atom. The van der Waals surface area contributed by atoms with Gasteiger partial charge in [-0.1, -0.05) is 41.5 Å². The molecule has 2 aliphatic heterocycles. The van der Waals surface area contributed by atoms with Crippen LogP contribution in [0.4, 0.5) is 0 Å². The summed E-state index contributed by atoms with van der Waals surface area (Å²) in [6.45, 7) is 20.7. The Hall–Kier alpha value is -2.09. The summed E-state index contributed by atoms with van der Waals surface area (Å²) in [6.07, 6.45) is -2.72. The Bertz CT molecular complexity index is 1500. The molecule has 4 atom stereocenters. The van der Waals surface area contributed by atoms with E-state index in [0.29, 0.717) is 0 Å². The molecule has 0 amide bonds. The number of nitrogens with one attached hydrogen (secondary N) is 1. The van der Waals surface area contributed by atoms with E-state index in [9.17, 15) is 27.9 Å². The molecule has 1 saturated heterocycles. The maximum Gasteiger partial charge on any atom is 0.332 e. The van der Waals surface area contributed by atoms with Crippen LogP contribution in [0, 0.1) is 6.92 Å². The van der Waals surface area contributed by atoms with Gasteiger partial charge in [0.05, 0.1) is 11.1 Å². The average molecular weight is 648 g/mol. The van der Waals surface area contributed by atoms with Gasteiger partial charge in [-0.15, -0.1) is 0 Å². The largest absolute Gasteiger partial charge is 0.480 e. The maximum absolute atomic E-state index is 13.5. The zero-order valence-corrected chi connectivity index (χ0v) is 29.3. The van der Waals surface area contributed by atoms with E-state index in [1.807, 2.05) is 67.7 Å². The first-order chi connectivity index (χ1) is 18.8. The standard InChI is InChI=1S/C26H45N3O10SSi2/c1-16-14-29(23(33)28(8)20(16)32)21-19(37-41(9,10)24(2,3)4)26(22(36-21)38-42(11,12)25(5,6)7)17(27-13-18(30)31)15-40(34,35)39-26/h14-15,19,21-22,27H,13H2,1-12H3,(H,30,31)/t19?,21-,22?,26?/m1/s1. The van der Waals surface area contributed by atoms with Crippen LogP contribution in [0.1, 0.15) is 53.3 Å². The summed E-state index contributed by atoms with van der Waals surface area (Å²) >= 11 is 0. The van der Waals surface area contributed by atoms with Crippen molar-refractivity contribution in [2.45, 2.75) is 109 Å². The summed E-state index contributed by atoms with van der Waals surface area (Å²) in [5.41, 5.74) is -3.12. The van der Waals surface area contributed by atoms with Gasteiger partial charge in [-0.05, 0) is 43.2 Å². The molecule has 1 aromatic rings. The number of carboxylic acids is 1. The number of carboxylic acid groups (broad SMARTS) is 1. The topological polar surface area (TPSA) is 164 Å². The molecule has 0 bridgehead atoms. The second-order valence-electron chi connectivity index (χ2n) is 14.0. The number of carbonyl (C=O) groups is 1. The van der Waals surface area contributed by atoms with Gasteiger partial charge >= 0.3 is 11.7 Å². The Morgan fingerprint density at radius 3 is 2.10 bits per heavy atom. The van der Waals surface area contributed by atoms with Crippen LogP contribution in [-0.2, 0) is 39.7 Å². The van der Waals surface area contributed by atoms with Crippen molar-refractivity contribution in [3.8, 4) is 0 Å². The quantitative estimate of drug-likeness (QED) is 0.315. The van der Waals surface area contributed by atoms with Crippen LogP contribution < -0.4 is 16.6 Å². The highest BCUT2D eigenvalue weighted by Gasteiger charge is 2.69. The highest BCUT2D eigenvalue weighted by Crippen LogP contribution is 2.54. The van der Waals surface area contributed by atoms with Gasteiger partial charge in [0.15, 0.2) is 29.2 Å². The van der Waals surface area contributed by atoms with E-state index in [1.54, 1.807) is 6.92 Å². The van der Waals surface area contributed by atoms with Crippen molar-refractivity contribution in [1.82, 2.24) is 14.5 Å². The van der Waals surface area contributed by atoms with Gasteiger partial charge < -0.3 is 24.0 Å². The minimum Gasteiger partial charge on any atom is -0.480 e. The van der Waals surface area contributed by atoms with E-state index < -0.39 is 74.7 Å². The van der Waals surface area contributed by atoms with Crippen LogP contribution in [0.15, 0.2) is 26.9 Å². The SMILES string of the molecule is Cc1cn([C@@H]2OC(O[Si](C)(C)C(C)(C)C)C3(OS(=O)(=O)C=C3NCC(=O)O)C2O[Si](C)(C)C(C)(C)C)c(=O)n(C)c1=O. The number of rotatable bonds is 8. The predicted octanol–water partition coefficient (Wildman–Crippen LogP) is 2.74. The van der Waals surface area contributed by atoms with Crippen molar-refractivity contribution in [3.05, 3.63) is 43.7 Å². The number of aryl methyl sites for hydroxylation is 1. The van der Waals surface area contributed by atoms with Gasteiger partial charge in [0.2, 0.25) is 5.60 Å². The Labute approximate surface area is 249 Å². The number of hydrogen-bond acceptors (Lipinski definition) is 10. The fraction of sp³-hybridized carbons (Fsp3) is 0.731. The van der Waals surface area contributed by atoms with E-state index in [1.165, 1.54) is 17.8 Å². The molecular weight excluding hydrogens is 603 g/mol. The molecule has 3 rings (SSSR count). The molecule has 1 spiro atoms. The third-order valence-electron chi connectivity index (χ3n) is 8.85. The molecule has 2 N–H and O–H groups in total. The van der Waals surface area contributed by atoms with Crippen molar-refractivity contribution in [1.29, 1.82) is 0 Å². The molecule has 42 heavy (non-hydrogen) atoms. The van der Waals surface area contributed by atoms with E-state index in [0.717, 1.165) is 9.98 Å². The number of aliphatic carboxylic acids is 1. The molecule has 16 heteroatoms. The zero-order chi connectivity index (χ0) is 32.4. The molecule has 1 aromatic heterocycles. The fourth-order valence-corrected chi connectivity index (χ4v) is 7.95. The first-order valence-electron chi connectivity index (χ1n) is 13.7. The van der Waals surface area contributed by atoms with Crippen molar-refractivity contribution < 1.29 is 36.1 Å². The molecule has 1 fully saturated rings. The molecule has 3 unspecified atom stereocenters. The Balaban J connectivity index is 2.41. The van der Waals surface area contributed by atoms with Crippen molar-refractivity contribution >= 4 is 32.7 Å². The smallest absolute Gasteiger partial charge is 0.332 e. The lowest BCUT2D eigenvalue weighted by atomic mass is 9.93. The second kappa shape index (κ2) is 10.8. The van der Waals surface area contributed by atoms with Crippen LogP contribution >= 0.6 is 0 Å². The normalized spacial score (nSPS) is 26.5. The summed E-state index contributed by atoms with van der Waals surface area (Å²) in [6, 6.07) is 0. The minimum absolute atomic E-state index is 0.116. The van der Waals surface area contributed by atoms with Crippen LogP contribution in [-0.4, -0.2) is 69.8 Å². The van der Waals surface area contributed by atoms with Crippen LogP contribution in [0.3, 0.4) is 0 Å². The summed E-state index contributed by atoms with van der Waals surface area (Å²) in [5.74, 6) is -1.24. The molecular formula is C26H45N3O10SSi2. The molecule has 13 nitrogen and oxygen atoms in total. The van der Waals surface area contributed by atoms with Crippen molar-refractivity contribution in [3.63, 3.8) is 0 Å². The monoisotopic (exact) mass is 647 g/mol. The lowest BCUT2D eigenvalue weighted by Crippen LogP contribution is -2.61. The summed E-state index contributed by atoms with van der Waals surface area (Å²) in [5, 5.41) is 12.3. The lowest BCUT2D eigenvalue weighted by molar-refractivity contribution is -0.148. The first kappa shape index (κ1) is 34.4. The highest BCUT2D eigenvalue weighted by atomic mass is 32.2. The van der Waals surface area contributed by atoms with Gasteiger partial charge in [0.25, 0.3) is 15.7 Å². The summed E-state index contributed by atoms with van der Waals surface area (Å²) in [7, 11) is -8.59. The minimum atomic E-state index is -4.39. The van der Waals surface area contributed by atoms with Gasteiger partial charge in [-0.3, -0.25) is 18.7 Å². The lowest BCUT2D eigenvalue weighted by Gasteiger charge is -2.45. The average Bonchev–Trinajstić information content (AvgIpc) is 3.24. The second-order valence-corrected chi connectivity index (χ2v) is 25.0. The van der Waals surface area contributed by atoms with E-state index in [-0.39, 0.29) is 21.3 Å². The van der Waals surface area contributed by atoms with Crippen LogP contribution in [0.5, 0.6) is 0 Å². The molecule has 238 valence electrons. The third kappa shape index (κ3) is 6.12. The third-order valence-corrected chi connectivity index (χ3v) is 18.8. The first-order valence-corrected chi connectivity index (χ1v) is 21.0. The predicted molar refractivity (Wildman–Crippen MR) is 161 cm³/mol. The van der Waals surface area contributed by atoms with Crippen LogP contribution in [0.25, 0.3) is 0 Å². The van der Waals surface area contributed by atoms with E-state index in [2.05, 4.69) is 5.32 Å². The summed E-state index contributed by atoms with van der Waals surface area (Å²) < 4.78 is 54.4. The fourth-order valence-electron chi connectivity index (χ4n) is 4.30. The Morgan fingerprint density at radius 2 is 1.60 bits per heavy atom. The van der Waals surface area contributed by atoms with Crippen LogP contribution in [0.2, 0.25) is 36.3 Å². The van der Waals surface area contributed by atoms with E-state index in [4.69, 9.17) is 17.8 Å². The maximum atomic E-state index is 13.5. The molecule has 2 aliphatic rings. The van der Waals surface area contributed by atoms with Crippen molar-refractivity contribution in [2.75, 3.05) is 6.54 Å². The number of ether oxygens (including phenoxy) is 1.